The van der Waals surface area contributed by atoms with Crippen LogP contribution >= 0.6 is 12.4 Å². The molecule has 1 aliphatic rings. The largest absolute Gasteiger partial charge is 0.507 e. The molecule has 0 aliphatic heterocycles. The van der Waals surface area contributed by atoms with Crippen LogP contribution in [-0.2, 0) is 6.54 Å². The summed E-state index contributed by atoms with van der Waals surface area (Å²) in [4.78, 5) is 25.2. The van der Waals surface area contributed by atoms with E-state index in [-0.39, 0.29) is 52.9 Å². The molecule has 0 unspecified atom stereocenters. The van der Waals surface area contributed by atoms with Gasteiger partial charge in [-0.3, -0.25) is 9.59 Å². The minimum Gasteiger partial charge on any atom is -0.507 e. The van der Waals surface area contributed by atoms with Crippen LogP contribution in [0.3, 0.4) is 0 Å². The number of benzene rings is 2. The molecule has 0 amide bonds. The van der Waals surface area contributed by atoms with E-state index in [1.165, 1.54) is 13.2 Å². The molecule has 0 bridgehead atoms. The van der Waals surface area contributed by atoms with E-state index in [1.54, 1.807) is 24.3 Å². The number of nitrogens with two attached hydrogens (primary N) is 1. The smallest absolute Gasteiger partial charge is 0.198 e. The molecule has 114 valence electrons. The Balaban J connectivity index is 0.00000176. The highest BCUT2D eigenvalue weighted by atomic mass is 35.5. The lowest BCUT2D eigenvalue weighted by Crippen LogP contribution is -2.22. The number of fused-ring (bicyclic) bond motifs is 2. The molecule has 0 saturated carbocycles. The third-order valence-corrected chi connectivity index (χ3v) is 3.65. The standard InChI is InChI=1S/C16H13NO4.ClH/c1-21-11-6-8(7-17)14(18)13-12(11)15(19)9-4-2-3-5-10(9)16(13)20;/h2-6,18H,7,17H2,1H3;1H. The molecule has 2 aromatic carbocycles. The number of carbonyl (C=O) groups is 2. The van der Waals surface area contributed by atoms with Gasteiger partial charge in [-0.15, -0.1) is 12.4 Å². The maximum Gasteiger partial charge on any atom is 0.198 e. The molecule has 0 radical (unpaired) electrons. The van der Waals surface area contributed by atoms with Gasteiger partial charge in [-0.25, -0.2) is 0 Å². The van der Waals surface area contributed by atoms with Crippen LogP contribution in [-0.4, -0.2) is 23.8 Å². The van der Waals surface area contributed by atoms with Gasteiger partial charge in [0, 0.05) is 23.2 Å². The SMILES string of the molecule is COc1cc(CN)c(O)c2c1C(=O)c1ccccc1C2=O.Cl. The Kier molecular flexibility index (Phi) is 4.21. The fraction of sp³-hybridized carbons (Fsp3) is 0.125. The summed E-state index contributed by atoms with van der Waals surface area (Å²) in [6.07, 6.45) is 0. The third-order valence-electron chi connectivity index (χ3n) is 3.65. The Labute approximate surface area is 133 Å². The number of ether oxygens (including phenoxy) is 1. The zero-order valence-electron chi connectivity index (χ0n) is 11.8. The Bertz CT molecular complexity index is 786. The molecule has 3 rings (SSSR count). The van der Waals surface area contributed by atoms with Gasteiger partial charge >= 0.3 is 0 Å². The van der Waals surface area contributed by atoms with Crippen LogP contribution in [0.2, 0.25) is 0 Å². The van der Waals surface area contributed by atoms with Gasteiger partial charge in [-0.1, -0.05) is 24.3 Å². The van der Waals surface area contributed by atoms with Crippen molar-refractivity contribution in [3.05, 3.63) is 58.1 Å². The maximum atomic E-state index is 12.6. The summed E-state index contributed by atoms with van der Waals surface area (Å²) in [6, 6.07) is 8.02. The lowest BCUT2D eigenvalue weighted by molar-refractivity contribution is 0.0974. The van der Waals surface area contributed by atoms with Crippen molar-refractivity contribution in [2.24, 2.45) is 5.73 Å². The number of carbonyl (C=O) groups excluding carboxylic acids is 2. The first-order valence-corrected chi connectivity index (χ1v) is 6.41. The van der Waals surface area contributed by atoms with Gasteiger partial charge in [0.1, 0.15) is 11.5 Å². The second kappa shape index (κ2) is 5.79. The number of hydrogen-bond donors (Lipinski definition) is 2. The van der Waals surface area contributed by atoms with E-state index in [4.69, 9.17) is 10.5 Å². The number of hydrogen-bond acceptors (Lipinski definition) is 5. The molecular weight excluding hydrogens is 306 g/mol. The van der Waals surface area contributed by atoms with Crippen LogP contribution in [0.1, 0.15) is 37.4 Å². The lowest BCUT2D eigenvalue weighted by Gasteiger charge is -2.21. The summed E-state index contributed by atoms with van der Waals surface area (Å²) in [5.41, 5.74) is 6.59. The van der Waals surface area contributed by atoms with Crippen LogP contribution in [0.5, 0.6) is 11.5 Å². The summed E-state index contributed by atoms with van der Waals surface area (Å²) in [7, 11) is 1.41. The molecule has 5 nitrogen and oxygen atoms in total. The lowest BCUT2D eigenvalue weighted by atomic mass is 9.82. The first kappa shape index (κ1) is 16.0. The van der Waals surface area contributed by atoms with E-state index in [2.05, 4.69) is 0 Å². The number of phenolic OH excluding ortho intramolecular Hbond substituents is 1. The number of aromatic hydroxyl groups is 1. The zero-order valence-corrected chi connectivity index (χ0v) is 12.6. The molecule has 22 heavy (non-hydrogen) atoms. The van der Waals surface area contributed by atoms with Crippen molar-refractivity contribution in [3.63, 3.8) is 0 Å². The van der Waals surface area contributed by atoms with Crippen molar-refractivity contribution in [1.29, 1.82) is 0 Å². The van der Waals surface area contributed by atoms with Crippen molar-refractivity contribution in [1.82, 2.24) is 0 Å². The normalized spacial score (nSPS) is 12.3. The van der Waals surface area contributed by atoms with Crippen LogP contribution in [0, 0.1) is 0 Å². The number of methoxy groups -OCH3 is 1. The average molecular weight is 320 g/mol. The Hall–Kier alpha value is -2.37. The Morgan fingerprint density at radius 3 is 2.14 bits per heavy atom. The summed E-state index contributed by atoms with van der Waals surface area (Å²) < 4.78 is 5.20. The second-order valence-corrected chi connectivity index (χ2v) is 4.74. The van der Waals surface area contributed by atoms with Crippen LogP contribution in [0.25, 0.3) is 0 Å². The zero-order chi connectivity index (χ0) is 15.1. The molecule has 0 spiro atoms. The van der Waals surface area contributed by atoms with E-state index in [1.807, 2.05) is 0 Å². The van der Waals surface area contributed by atoms with E-state index < -0.39 is 5.78 Å². The van der Waals surface area contributed by atoms with Crippen LogP contribution < -0.4 is 10.5 Å². The van der Waals surface area contributed by atoms with Gasteiger partial charge in [0.05, 0.1) is 18.2 Å². The topological polar surface area (TPSA) is 89.6 Å². The number of phenols is 1. The second-order valence-electron chi connectivity index (χ2n) is 4.74. The number of ketones is 2. The summed E-state index contributed by atoms with van der Waals surface area (Å²) in [5.74, 6) is -0.737. The molecule has 0 fully saturated rings. The quantitative estimate of drug-likeness (QED) is 0.754. The van der Waals surface area contributed by atoms with Crippen molar-refractivity contribution < 1.29 is 19.4 Å². The highest BCUT2D eigenvalue weighted by molar-refractivity contribution is 6.30. The molecule has 2 aromatic rings. The molecular formula is C16H14ClNO4. The van der Waals surface area contributed by atoms with E-state index in [0.717, 1.165) is 0 Å². The summed E-state index contributed by atoms with van der Waals surface area (Å²) in [6.45, 7) is 0.0403. The first-order chi connectivity index (χ1) is 10.1. The highest BCUT2D eigenvalue weighted by Gasteiger charge is 2.35. The predicted octanol–water partition coefficient (Wildman–Crippen LogP) is 2.06. The van der Waals surface area contributed by atoms with Crippen molar-refractivity contribution in [3.8, 4) is 11.5 Å². The predicted molar refractivity (Wildman–Crippen MR) is 83.1 cm³/mol. The fourth-order valence-corrected chi connectivity index (χ4v) is 2.61. The van der Waals surface area contributed by atoms with Gasteiger partial charge in [-0.2, -0.15) is 0 Å². The minimum atomic E-state index is -0.397. The molecule has 6 heteroatoms. The van der Waals surface area contributed by atoms with Crippen molar-refractivity contribution >= 4 is 24.0 Å². The molecule has 1 aliphatic carbocycles. The third kappa shape index (κ3) is 2.06. The van der Waals surface area contributed by atoms with Crippen LogP contribution in [0.15, 0.2) is 30.3 Å². The monoisotopic (exact) mass is 319 g/mol. The number of halogens is 1. The number of rotatable bonds is 2. The minimum absolute atomic E-state index is 0. The van der Waals surface area contributed by atoms with Crippen molar-refractivity contribution in [2.75, 3.05) is 7.11 Å². The first-order valence-electron chi connectivity index (χ1n) is 6.41. The van der Waals surface area contributed by atoms with Crippen LogP contribution in [0.4, 0.5) is 0 Å². The molecule has 3 N–H and O–H groups in total. The van der Waals surface area contributed by atoms with Gasteiger partial charge in [-0.05, 0) is 6.07 Å². The maximum absolute atomic E-state index is 12.6. The summed E-state index contributed by atoms with van der Waals surface area (Å²) >= 11 is 0. The van der Waals surface area contributed by atoms with E-state index in [9.17, 15) is 14.7 Å². The summed E-state index contributed by atoms with van der Waals surface area (Å²) in [5, 5.41) is 10.3. The molecule has 0 heterocycles. The average Bonchev–Trinajstić information content (AvgIpc) is 2.52. The molecule has 0 atom stereocenters. The van der Waals surface area contributed by atoms with Gasteiger partial charge in [0.15, 0.2) is 11.6 Å². The molecule has 0 aromatic heterocycles. The highest BCUT2D eigenvalue weighted by Crippen LogP contribution is 2.40. The Morgan fingerprint density at radius 2 is 1.64 bits per heavy atom. The van der Waals surface area contributed by atoms with Gasteiger partial charge in [0.25, 0.3) is 0 Å². The Morgan fingerprint density at radius 1 is 1.09 bits per heavy atom. The van der Waals surface area contributed by atoms with Gasteiger partial charge < -0.3 is 15.6 Å². The van der Waals surface area contributed by atoms with E-state index in [0.29, 0.717) is 11.1 Å². The fourth-order valence-electron chi connectivity index (χ4n) is 2.61. The van der Waals surface area contributed by atoms with Crippen molar-refractivity contribution in [2.45, 2.75) is 6.54 Å². The van der Waals surface area contributed by atoms with E-state index >= 15 is 0 Å². The molecule has 0 saturated heterocycles. The van der Waals surface area contributed by atoms with Gasteiger partial charge in [0.2, 0.25) is 0 Å².